The number of pyridine rings is 1. The maximum absolute atomic E-state index is 11.1. The Kier molecular flexibility index (Phi) is 6.29. The van der Waals surface area contributed by atoms with Crippen molar-refractivity contribution in [2.75, 3.05) is 5.32 Å². The van der Waals surface area contributed by atoms with Crippen molar-refractivity contribution in [3.8, 4) is 0 Å². The maximum atomic E-state index is 11.1. The Hall–Kier alpha value is -2.20. The van der Waals surface area contributed by atoms with Crippen molar-refractivity contribution in [2.45, 2.75) is 46.3 Å². The average molecular weight is 311 g/mol. The summed E-state index contributed by atoms with van der Waals surface area (Å²) in [6.45, 7) is 7.78. The van der Waals surface area contributed by atoms with Crippen LogP contribution in [0.3, 0.4) is 0 Å². The zero-order chi connectivity index (χ0) is 16.7. The van der Waals surface area contributed by atoms with Crippen molar-refractivity contribution in [1.29, 1.82) is 0 Å². The number of nitrogens with one attached hydrogen (secondary N) is 1. The van der Waals surface area contributed by atoms with Gasteiger partial charge in [0.25, 0.3) is 0 Å². The lowest BCUT2D eigenvalue weighted by atomic mass is 10.1. The molecule has 2 rings (SSSR count). The number of amides is 1. The SMILES string of the molecule is CCC(C)N(Cc1ccncc1)Cc1ccc(NC(C)=O)cc1. The first kappa shape index (κ1) is 17.2. The molecule has 1 atom stereocenters. The van der Waals surface area contributed by atoms with Crippen LogP contribution in [0.4, 0.5) is 5.69 Å². The molecule has 0 radical (unpaired) electrons. The number of carbonyl (C=O) groups is 1. The summed E-state index contributed by atoms with van der Waals surface area (Å²) >= 11 is 0. The van der Waals surface area contributed by atoms with E-state index in [1.165, 1.54) is 18.1 Å². The van der Waals surface area contributed by atoms with Crippen molar-refractivity contribution in [2.24, 2.45) is 0 Å². The molecule has 0 aliphatic carbocycles. The molecule has 0 saturated heterocycles. The first-order valence-electron chi connectivity index (χ1n) is 8.08. The molecule has 2 aromatic rings. The summed E-state index contributed by atoms with van der Waals surface area (Å²) in [6.07, 6.45) is 4.79. The van der Waals surface area contributed by atoms with Gasteiger partial charge in [0.1, 0.15) is 0 Å². The van der Waals surface area contributed by atoms with Crippen molar-refractivity contribution >= 4 is 11.6 Å². The predicted molar refractivity (Wildman–Crippen MR) is 94.0 cm³/mol. The van der Waals surface area contributed by atoms with Crippen molar-refractivity contribution < 1.29 is 4.79 Å². The molecule has 23 heavy (non-hydrogen) atoms. The normalized spacial score (nSPS) is 12.2. The summed E-state index contributed by atoms with van der Waals surface area (Å²) in [5.41, 5.74) is 3.36. The molecule has 0 saturated carbocycles. The Morgan fingerprint density at radius 2 is 1.65 bits per heavy atom. The van der Waals surface area contributed by atoms with Gasteiger partial charge in [-0.2, -0.15) is 0 Å². The fourth-order valence-corrected chi connectivity index (χ4v) is 2.48. The van der Waals surface area contributed by atoms with Gasteiger partial charge in [-0.1, -0.05) is 19.1 Å². The molecule has 0 fully saturated rings. The molecule has 0 spiro atoms. The van der Waals surface area contributed by atoms with E-state index in [1.54, 1.807) is 0 Å². The van der Waals surface area contributed by atoms with Gasteiger partial charge in [-0.25, -0.2) is 0 Å². The molecule has 1 unspecified atom stereocenters. The first-order valence-corrected chi connectivity index (χ1v) is 8.08. The van der Waals surface area contributed by atoms with Gasteiger partial charge in [-0.05, 0) is 48.7 Å². The van der Waals surface area contributed by atoms with E-state index in [4.69, 9.17) is 0 Å². The van der Waals surface area contributed by atoms with Crippen LogP contribution in [0.2, 0.25) is 0 Å². The number of hydrogen-bond acceptors (Lipinski definition) is 3. The van der Waals surface area contributed by atoms with E-state index in [1.807, 2.05) is 24.5 Å². The van der Waals surface area contributed by atoms with E-state index in [2.05, 4.69) is 53.3 Å². The molecule has 1 N–H and O–H groups in total. The molecular weight excluding hydrogens is 286 g/mol. The van der Waals surface area contributed by atoms with E-state index in [0.717, 1.165) is 25.2 Å². The van der Waals surface area contributed by atoms with Gasteiger partial charge in [-0.15, -0.1) is 0 Å². The second-order valence-electron chi connectivity index (χ2n) is 5.90. The quantitative estimate of drug-likeness (QED) is 0.845. The van der Waals surface area contributed by atoms with Crippen LogP contribution in [-0.4, -0.2) is 21.8 Å². The molecule has 122 valence electrons. The predicted octanol–water partition coefficient (Wildman–Crippen LogP) is 3.84. The molecule has 0 bridgehead atoms. The van der Waals surface area contributed by atoms with E-state index in [0.29, 0.717) is 6.04 Å². The van der Waals surface area contributed by atoms with Gasteiger partial charge < -0.3 is 5.32 Å². The molecular formula is C19H25N3O. The Morgan fingerprint density at radius 3 is 2.17 bits per heavy atom. The first-order chi connectivity index (χ1) is 11.1. The van der Waals surface area contributed by atoms with Gasteiger partial charge >= 0.3 is 0 Å². The van der Waals surface area contributed by atoms with E-state index >= 15 is 0 Å². The minimum atomic E-state index is -0.0448. The van der Waals surface area contributed by atoms with Crippen LogP contribution >= 0.6 is 0 Å². The van der Waals surface area contributed by atoms with Gasteiger partial charge in [0, 0.05) is 44.1 Å². The van der Waals surface area contributed by atoms with Gasteiger partial charge in [0.2, 0.25) is 5.91 Å². The number of anilines is 1. The third-order valence-corrected chi connectivity index (χ3v) is 4.01. The lowest BCUT2D eigenvalue weighted by Gasteiger charge is -2.28. The molecule has 1 heterocycles. The highest BCUT2D eigenvalue weighted by molar-refractivity contribution is 5.88. The van der Waals surface area contributed by atoms with Crippen LogP contribution in [0.15, 0.2) is 48.8 Å². The Labute approximate surface area is 138 Å². The summed E-state index contributed by atoms with van der Waals surface area (Å²) in [5.74, 6) is -0.0448. The second-order valence-corrected chi connectivity index (χ2v) is 5.90. The van der Waals surface area contributed by atoms with Crippen LogP contribution in [0.1, 0.15) is 38.3 Å². The number of nitrogens with zero attached hydrogens (tertiary/aromatic N) is 2. The number of aromatic nitrogens is 1. The Balaban J connectivity index is 2.06. The second kappa shape index (κ2) is 8.44. The highest BCUT2D eigenvalue weighted by Crippen LogP contribution is 2.16. The topological polar surface area (TPSA) is 45.2 Å². The Morgan fingerprint density at radius 1 is 1.09 bits per heavy atom. The number of carbonyl (C=O) groups excluding carboxylic acids is 1. The van der Waals surface area contributed by atoms with Crippen LogP contribution in [0.5, 0.6) is 0 Å². The zero-order valence-corrected chi connectivity index (χ0v) is 14.1. The molecule has 1 aromatic heterocycles. The van der Waals surface area contributed by atoms with Gasteiger partial charge in [0.05, 0.1) is 0 Å². The molecule has 0 aliphatic rings. The van der Waals surface area contributed by atoms with Crippen molar-refractivity contribution in [3.05, 3.63) is 59.9 Å². The average Bonchev–Trinajstić information content (AvgIpc) is 2.55. The maximum Gasteiger partial charge on any atom is 0.221 e. The summed E-state index contributed by atoms with van der Waals surface area (Å²) in [4.78, 5) is 17.6. The molecule has 0 aliphatic heterocycles. The minimum absolute atomic E-state index is 0.0448. The van der Waals surface area contributed by atoms with Crippen LogP contribution < -0.4 is 5.32 Å². The Bertz CT molecular complexity index is 610. The number of rotatable bonds is 7. The summed E-state index contributed by atoms with van der Waals surface area (Å²) in [6, 6.07) is 12.7. The third-order valence-electron chi connectivity index (χ3n) is 4.01. The lowest BCUT2D eigenvalue weighted by Crippen LogP contribution is -2.31. The minimum Gasteiger partial charge on any atom is -0.326 e. The fourth-order valence-electron chi connectivity index (χ4n) is 2.48. The van der Waals surface area contributed by atoms with Crippen LogP contribution in [0.25, 0.3) is 0 Å². The zero-order valence-electron chi connectivity index (χ0n) is 14.1. The molecule has 4 nitrogen and oxygen atoms in total. The van der Waals surface area contributed by atoms with Crippen LogP contribution in [-0.2, 0) is 17.9 Å². The van der Waals surface area contributed by atoms with Crippen LogP contribution in [0, 0.1) is 0 Å². The van der Waals surface area contributed by atoms with Crippen molar-refractivity contribution in [1.82, 2.24) is 9.88 Å². The summed E-state index contributed by atoms with van der Waals surface area (Å²) in [7, 11) is 0. The highest BCUT2D eigenvalue weighted by Gasteiger charge is 2.13. The lowest BCUT2D eigenvalue weighted by molar-refractivity contribution is -0.114. The van der Waals surface area contributed by atoms with E-state index in [9.17, 15) is 4.79 Å². The molecule has 4 heteroatoms. The molecule has 1 amide bonds. The summed E-state index contributed by atoms with van der Waals surface area (Å²) in [5, 5.41) is 2.80. The van der Waals surface area contributed by atoms with Gasteiger partial charge in [0.15, 0.2) is 0 Å². The number of benzene rings is 1. The fraction of sp³-hybridized carbons (Fsp3) is 0.368. The van der Waals surface area contributed by atoms with Crippen molar-refractivity contribution in [3.63, 3.8) is 0 Å². The largest absolute Gasteiger partial charge is 0.326 e. The van der Waals surface area contributed by atoms with E-state index < -0.39 is 0 Å². The number of hydrogen-bond donors (Lipinski definition) is 1. The molecule has 1 aromatic carbocycles. The smallest absolute Gasteiger partial charge is 0.221 e. The monoisotopic (exact) mass is 311 g/mol. The summed E-state index contributed by atoms with van der Waals surface area (Å²) < 4.78 is 0. The third kappa shape index (κ3) is 5.49. The highest BCUT2D eigenvalue weighted by atomic mass is 16.1. The van der Waals surface area contributed by atoms with Gasteiger partial charge in [-0.3, -0.25) is 14.7 Å². The van der Waals surface area contributed by atoms with E-state index in [-0.39, 0.29) is 5.91 Å². The standard InChI is InChI=1S/C19H25N3O/c1-4-15(2)22(14-18-9-11-20-12-10-18)13-17-5-7-19(8-6-17)21-16(3)23/h5-12,15H,4,13-14H2,1-3H3,(H,21,23).